The maximum Gasteiger partial charge on any atom is 0.272 e. The lowest BCUT2D eigenvalue weighted by molar-refractivity contribution is -0.114. The van der Waals surface area contributed by atoms with Gasteiger partial charge in [-0.15, -0.1) is 0 Å². The first-order chi connectivity index (χ1) is 11.9. The minimum absolute atomic E-state index is 0.0402. The largest absolute Gasteiger partial charge is 0.504 e. The number of benzene rings is 2. The average Bonchev–Trinajstić information content (AvgIpc) is 2.95. The summed E-state index contributed by atoms with van der Waals surface area (Å²) in [7, 11) is 0. The molecule has 0 bridgehead atoms. The number of halogens is 1. The van der Waals surface area contributed by atoms with Gasteiger partial charge in [-0.05, 0) is 30.2 Å². The van der Waals surface area contributed by atoms with Crippen molar-refractivity contribution in [2.24, 2.45) is 11.7 Å². The van der Waals surface area contributed by atoms with E-state index in [0.717, 1.165) is 5.52 Å². The van der Waals surface area contributed by atoms with Crippen molar-refractivity contribution in [3.8, 4) is 22.9 Å². The van der Waals surface area contributed by atoms with Crippen molar-refractivity contribution >= 4 is 28.5 Å². The molecule has 3 rings (SSSR count). The molecular weight excluding hydrogens is 340 g/mol. The van der Waals surface area contributed by atoms with E-state index in [1.54, 1.807) is 24.3 Å². The van der Waals surface area contributed by atoms with Crippen molar-refractivity contribution in [1.29, 1.82) is 0 Å². The fourth-order valence-corrected chi connectivity index (χ4v) is 2.74. The second-order valence-electron chi connectivity index (χ2n) is 6.25. The van der Waals surface area contributed by atoms with E-state index in [0.29, 0.717) is 45.8 Å². The van der Waals surface area contributed by atoms with Crippen LogP contribution >= 0.6 is 11.6 Å². The molecule has 0 radical (unpaired) electrons. The number of aromatic hydroxyl groups is 1. The summed E-state index contributed by atoms with van der Waals surface area (Å²) >= 11 is 6.18. The number of aromatic nitrogens is 2. The zero-order valence-electron chi connectivity index (χ0n) is 14.0. The van der Waals surface area contributed by atoms with Crippen LogP contribution in [0.1, 0.15) is 19.4 Å². The van der Waals surface area contributed by atoms with Crippen LogP contribution in [0.15, 0.2) is 30.3 Å². The van der Waals surface area contributed by atoms with Crippen LogP contribution in [-0.2, 0) is 0 Å². The van der Waals surface area contributed by atoms with Crippen molar-refractivity contribution in [3.63, 3.8) is 0 Å². The molecule has 25 heavy (non-hydrogen) atoms. The van der Waals surface area contributed by atoms with Crippen molar-refractivity contribution in [3.05, 3.63) is 40.9 Å². The lowest BCUT2D eigenvalue weighted by Crippen LogP contribution is -2.46. The van der Waals surface area contributed by atoms with E-state index in [2.05, 4.69) is 9.97 Å². The van der Waals surface area contributed by atoms with Gasteiger partial charge >= 0.3 is 0 Å². The first-order valence-corrected chi connectivity index (χ1v) is 8.27. The van der Waals surface area contributed by atoms with Crippen LogP contribution in [0.5, 0.6) is 11.5 Å². The summed E-state index contributed by atoms with van der Waals surface area (Å²) in [5.74, 6) is 1.45. The Labute approximate surface area is 150 Å². The van der Waals surface area contributed by atoms with Crippen molar-refractivity contribution in [1.82, 2.24) is 9.97 Å². The molecule has 0 amide bonds. The SMILES string of the molecule is CC(C)COc1cccc(-c2nc3cc(C(N)=[NH2+])c(Cl)cc3[nH]2)c1O. The molecular formula is C18H20ClN4O2+. The van der Waals surface area contributed by atoms with Crippen LogP contribution in [0.3, 0.4) is 0 Å². The monoisotopic (exact) mass is 359 g/mol. The topological polar surface area (TPSA) is 110 Å². The van der Waals surface area contributed by atoms with Crippen molar-refractivity contribution in [2.45, 2.75) is 13.8 Å². The highest BCUT2D eigenvalue weighted by atomic mass is 35.5. The van der Waals surface area contributed by atoms with Crippen LogP contribution < -0.4 is 15.9 Å². The number of aromatic amines is 1. The van der Waals surface area contributed by atoms with E-state index in [1.807, 2.05) is 19.9 Å². The molecule has 0 fully saturated rings. The number of hydrogen-bond acceptors (Lipinski definition) is 3. The molecule has 3 aromatic rings. The van der Waals surface area contributed by atoms with Crippen LogP contribution in [0.2, 0.25) is 5.02 Å². The molecule has 6 N–H and O–H groups in total. The molecule has 0 atom stereocenters. The number of amidine groups is 1. The molecule has 0 unspecified atom stereocenters. The highest BCUT2D eigenvalue weighted by Crippen LogP contribution is 2.37. The Morgan fingerprint density at radius 1 is 1.40 bits per heavy atom. The smallest absolute Gasteiger partial charge is 0.272 e. The number of hydrogen-bond donors (Lipinski definition) is 4. The third kappa shape index (κ3) is 3.39. The molecule has 6 nitrogen and oxygen atoms in total. The normalized spacial score (nSPS) is 11.2. The van der Waals surface area contributed by atoms with Crippen molar-refractivity contribution < 1.29 is 15.3 Å². The second-order valence-corrected chi connectivity index (χ2v) is 6.65. The average molecular weight is 360 g/mol. The summed E-state index contributed by atoms with van der Waals surface area (Å²) in [5.41, 5.74) is 8.08. The van der Waals surface area contributed by atoms with Gasteiger partial charge in [0.05, 0.1) is 33.8 Å². The Morgan fingerprint density at radius 2 is 2.16 bits per heavy atom. The fourth-order valence-electron chi connectivity index (χ4n) is 2.47. The summed E-state index contributed by atoms with van der Waals surface area (Å²) in [6.45, 7) is 4.60. The standard InChI is InChI=1S/C18H19ClN4O2/c1-9(2)8-25-15-5-3-4-10(16(15)24)18-22-13-6-11(17(20)21)12(19)7-14(13)23-18/h3-7,9,24H,8H2,1-2H3,(H3,20,21)(H,22,23)/p+1. The molecule has 1 heterocycles. The van der Waals surface area contributed by atoms with Gasteiger partial charge in [-0.3, -0.25) is 11.1 Å². The number of fused-ring (bicyclic) bond motifs is 1. The predicted octanol–water partition coefficient (Wildman–Crippen LogP) is 2.09. The lowest BCUT2D eigenvalue weighted by Gasteiger charge is -2.11. The molecule has 0 saturated heterocycles. The number of nitrogens with zero attached hydrogens (tertiary/aromatic N) is 1. The quantitative estimate of drug-likeness (QED) is 0.413. The summed E-state index contributed by atoms with van der Waals surface area (Å²) in [6.07, 6.45) is 0. The van der Waals surface area contributed by atoms with Gasteiger partial charge < -0.3 is 14.8 Å². The summed E-state index contributed by atoms with van der Waals surface area (Å²) < 4.78 is 5.65. The number of phenols is 1. The van der Waals surface area contributed by atoms with E-state index in [-0.39, 0.29) is 11.6 Å². The Morgan fingerprint density at radius 3 is 2.84 bits per heavy atom. The van der Waals surface area contributed by atoms with Gasteiger partial charge in [-0.1, -0.05) is 31.5 Å². The number of imidazole rings is 1. The number of rotatable bonds is 5. The molecule has 0 aliphatic rings. The summed E-state index contributed by atoms with van der Waals surface area (Å²) in [5, 5.41) is 16.6. The highest BCUT2D eigenvalue weighted by Gasteiger charge is 2.16. The third-order valence-corrected chi connectivity index (χ3v) is 4.02. The Bertz CT molecular complexity index is 950. The first kappa shape index (κ1) is 17.1. The minimum atomic E-state index is 0.0402. The number of phenolic OH excluding ortho intramolecular Hbond substituents is 1. The lowest BCUT2D eigenvalue weighted by atomic mass is 10.1. The third-order valence-electron chi connectivity index (χ3n) is 3.71. The molecule has 2 aromatic carbocycles. The molecule has 0 aliphatic carbocycles. The van der Waals surface area contributed by atoms with Gasteiger partial charge in [0.15, 0.2) is 11.5 Å². The Hall–Kier alpha value is -2.73. The molecule has 0 spiro atoms. The van der Waals surface area contributed by atoms with Crippen LogP contribution in [0.25, 0.3) is 22.4 Å². The molecule has 0 aliphatic heterocycles. The predicted molar refractivity (Wildman–Crippen MR) is 98.8 cm³/mol. The molecule has 130 valence electrons. The van der Waals surface area contributed by atoms with E-state index in [9.17, 15) is 5.11 Å². The van der Waals surface area contributed by atoms with Gasteiger partial charge in [0, 0.05) is 0 Å². The van der Waals surface area contributed by atoms with Crippen LogP contribution in [0.4, 0.5) is 0 Å². The minimum Gasteiger partial charge on any atom is -0.504 e. The zero-order valence-corrected chi connectivity index (χ0v) is 14.8. The number of nitrogens with one attached hydrogen (secondary N) is 1. The summed E-state index contributed by atoms with van der Waals surface area (Å²) in [6, 6.07) is 8.72. The number of nitrogens with two attached hydrogens (primary N) is 2. The van der Waals surface area contributed by atoms with Gasteiger partial charge in [-0.25, -0.2) is 4.98 Å². The van der Waals surface area contributed by atoms with E-state index < -0.39 is 0 Å². The maximum atomic E-state index is 10.5. The Kier molecular flexibility index (Phi) is 4.55. The number of para-hydroxylation sites is 1. The fraction of sp³-hybridized carbons (Fsp3) is 0.222. The highest BCUT2D eigenvalue weighted by molar-refractivity contribution is 6.34. The molecule has 0 saturated carbocycles. The second kappa shape index (κ2) is 6.64. The number of ether oxygens (including phenoxy) is 1. The van der Waals surface area contributed by atoms with Gasteiger partial charge in [0.25, 0.3) is 5.84 Å². The van der Waals surface area contributed by atoms with E-state index in [1.165, 1.54) is 0 Å². The first-order valence-electron chi connectivity index (χ1n) is 7.89. The van der Waals surface area contributed by atoms with Gasteiger partial charge in [-0.2, -0.15) is 0 Å². The zero-order chi connectivity index (χ0) is 18.1. The van der Waals surface area contributed by atoms with Crippen molar-refractivity contribution in [2.75, 3.05) is 6.61 Å². The van der Waals surface area contributed by atoms with Crippen LogP contribution in [0, 0.1) is 5.92 Å². The van der Waals surface area contributed by atoms with Gasteiger partial charge in [0.1, 0.15) is 5.82 Å². The van der Waals surface area contributed by atoms with E-state index >= 15 is 0 Å². The van der Waals surface area contributed by atoms with E-state index in [4.69, 9.17) is 27.5 Å². The van der Waals surface area contributed by atoms with Crippen LogP contribution in [-0.4, -0.2) is 27.5 Å². The van der Waals surface area contributed by atoms with Gasteiger partial charge in [0.2, 0.25) is 0 Å². The summed E-state index contributed by atoms with van der Waals surface area (Å²) in [4.78, 5) is 7.66. The molecule has 7 heteroatoms. The Balaban J connectivity index is 2.04. The molecule has 1 aromatic heterocycles. The number of H-pyrrole nitrogens is 1. The maximum absolute atomic E-state index is 10.5.